The molecule has 3 aromatic rings. The summed E-state index contributed by atoms with van der Waals surface area (Å²) in [7, 11) is 0. The van der Waals surface area contributed by atoms with Crippen molar-refractivity contribution in [2.45, 2.75) is 6.18 Å². The normalized spacial score (nSPS) is 11.6. The highest BCUT2D eigenvalue weighted by atomic mass is 32.1. The number of nitrogens with one attached hydrogen (secondary N) is 1. The number of pyridine rings is 1. The summed E-state index contributed by atoms with van der Waals surface area (Å²) in [6, 6.07) is 7.57. The van der Waals surface area contributed by atoms with Gasteiger partial charge in [0.1, 0.15) is 0 Å². The van der Waals surface area contributed by atoms with Crippen molar-refractivity contribution in [3.8, 4) is 0 Å². The van der Waals surface area contributed by atoms with Gasteiger partial charge in [-0.2, -0.15) is 13.2 Å². The van der Waals surface area contributed by atoms with E-state index in [0.29, 0.717) is 21.7 Å². The smallest absolute Gasteiger partial charge is 0.321 e. The number of nitrogens with zero attached hydrogens (tertiary/aromatic N) is 2. The lowest BCUT2D eigenvalue weighted by molar-refractivity contribution is -0.137. The number of amides is 1. The first kappa shape index (κ1) is 14.5. The Morgan fingerprint density at radius 3 is 2.73 bits per heavy atom. The van der Waals surface area contributed by atoms with Crippen LogP contribution < -0.4 is 5.32 Å². The van der Waals surface area contributed by atoms with Gasteiger partial charge in [-0.3, -0.25) is 9.78 Å². The van der Waals surface area contributed by atoms with Crippen LogP contribution in [0.3, 0.4) is 0 Å². The molecule has 2 heterocycles. The van der Waals surface area contributed by atoms with E-state index in [2.05, 4.69) is 15.3 Å². The van der Waals surface area contributed by atoms with Gasteiger partial charge in [-0.15, -0.1) is 11.3 Å². The molecule has 0 fully saturated rings. The molecule has 2 aromatic heterocycles. The summed E-state index contributed by atoms with van der Waals surface area (Å²) < 4.78 is 38.2. The van der Waals surface area contributed by atoms with Gasteiger partial charge < -0.3 is 5.32 Å². The predicted octanol–water partition coefficient (Wildman–Crippen LogP) is 3.96. The first-order chi connectivity index (χ1) is 10.4. The van der Waals surface area contributed by atoms with E-state index in [1.54, 1.807) is 18.3 Å². The Balaban J connectivity index is 1.90. The zero-order valence-corrected chi connectivity index (χ0v) is 11.7. The molecule has 3 rings (SSSR count). The molecular formula is C14H8F3N3OS. The molecule has 1 N–H and O–H groups in total. The predicted molar refractivity (Wildman–Crippen MR) is 76.8 cm³/mol. The number of aromatic nitrogens is 2. The fourth-order valence-electron chi connectivity index (χ4n) is 1.83. The molecule has 0 saturated heterocycles. The average molecular weight is 323 g/mol. The second kappa shape index (κ2) is 5.38. The quantitative estimate of drug-likeness (QED) is 0.776. The van der Waals surface area contributed by atoms with Gasteiger partial charge in [-0.05, 0) is 30.3 Å². The van der Waals surface area contributed by atoms with Crippen molar-refractivity contribution in [2.24, 2.45) is 0 Å². The van der Waals surface area contributed by atoms with Crippen LogP contribution in [0.2, 0.25) is 0 Å². The molecule has 0 aliphatic carbocycles. The van der Waals surface area contributed by atoms with Crippen LogP contribution in [0.1, 0.15) is 15.4 Å². The number of anilines is 1. The Kier molecular flexibility index (Phi) is 3.53. The highest BCUT2D eigenvalue weighted by molar-refractivity contribution is 7.18. The standard InChI is InChI=1S/C14H8F3N3OS/c15-14(16,17)13-20-10-4-3-8(6-11(10)22-13)12(21)19-9-2-1-5-18-7-9/h1-7H,(H,19,21). The number of fused-ring (bicyclic) bond motifs is 1. The van der Waals surface area contributed by atoms with Gasteiger partial charge in [0.25, 0.3) is 5.91 Å². The Morgan fingerprint density at radius 1 is 1.23 bits per heavy atom. The molecule has 0 atom stereocenters. The molecule has 0 aliphatic rings. The molecule has 0 aliphatic heterocycles. The van der Waals surface area contributed by atoms with Crippen LogP contribution in [0.15, 0.2) is 42.7 Å². The van der Waals surface area contributed by atoms with Crippen molar-refractivity contribution in [3.63, 3.8) is 0 Å². The minimum absolute atomic E-state index is 0.218. The molecule has 1 aromatic carbocycles. The van der Waals surface area contributed by atoms with E-state index in [1.165, 1.54) is 24.4 Å². The van der Waals surface area contributed by atoms with Crippen molar-refractivity contribution in [1.82, 2.24) is 9.97 Å². The molecule has 1 amide bonds. The minimum Gasteiger partial charge on any atom is -0.321 e. The maximum absolute atomic E-state index is 12.6. The molecule has 0 bridgehead atoms. The number of rotatable bonds is 2. The summed E-state index contributed by atoms with van der Waals surface area (Å²) in [5, 5.41) is 1.70. The fourth-order valence-corrected chi connectivity index (χ4v) is 2.70. The van der Waals surface area contributed by atoms with Gasteiger partial charge in [0, 0.05) is 11.8 Å². The third kappa shape index (κ3) is 2.91. The molecule has 0 unspecified atom stereocenters. The SMILES string of the molecule is O=C(Nc1cccnc1)c1ccc2nc(C(F)(F)F)sc2c1. The van der Waals surface area contributed by atoms with E-state index in [9.17, 15) is 18.0 Å². The molecule has 0 radical (unpaired) electrons. The Labute approximate surface area is 126 Å². The van der Waals surface area contributed by atoms with Crippen LogP contribution in [0, 0.1) is 0 Å². The number of carbonyl (C=O) groups is 1. The lowest BCUT2D eigenvalue weighted by atomic mass is 10.2. The molecule has 0 saturated carbocycles. The van der Waals surface area contributed by atoms with Gasteiger partial charge in [-0.1, -0.05) is 0 Å². The average Bonchev–Trinajstić information content (AvgIpc) is 2.91. The Bertz CT molecular complexity index is 830. The third-order valence-electron chi connectivity index (χ3n) is 2.81. The van der Waals surface area contributed by atoms with E-state index in [1.807, 2.05) is 0 Å². The van der Waals surface area contributed by atoms with Crippen LogP contribution >= 0.6 is 11.3 Å². The zero-order valence-electron chi connectivity index (χ0n) is 10.9. The lowest BCUT2D eigenvalue weighted by Crippen LogP contribution is -2.11. The minimum atomic E-state index is -4.48. The van der Waals surface area contributed by atoms with Crippen LogP contribution in [0.4, 0.5) is 18.9 Å². The number of benzene rings is 1. The van der Waals surface area contributed by atoms with Gasteiger partial charge in [0.05, 0.1) is 22.1 Å². The fraction of sp³-hybridized carbons (Fsp3) is 0.0714. The number of halogens is 3. The molecule has 22 heavy (non-hydrogen) atoms. The van der Waals surface area contributed by atoms with E-state index >= 15 is 0 Å². The zero-order chi connectivity index (χ0) is 15.7. The van der Waals surface area contributed by atoms with Crippen LogP contribution in [0.5, 0.6) is 0 Å². The third-order valence-corrected chi connectivity index (χ3v) is 3.88. The number of hydrogen-bond donors (Lipinski definition) is 1. The van der Waals surface area contributed by atoms with Crippen LogP contribution in [-0.2, 0) is 6.18 Å². The van der Waals surface area contributed by atoms with Gasteiger partial charge >= 0.3 is 6.18 Å². The highest BCUT2D eigenvalue weighted by Gasteiger charge is 2.34. The summed E-state index contributed by atoms with van der Waals surface area (Å²) in [5.74, 6) is -0.420. The summed E-state index contributed by atoms with van der Waals surface area (Å²) >= 11 is 0.514. The van der Waals surface area contributed by atoms with Crippen molar-refractivity contribution in [3.05, 3.63) is 53.3 Å². The van der Waals surface area contributed by atoms with Crippen LogP contribution in [-0.4, -0.2) is 15.9 Å². The monoisotopic (exact) mass is 323 g/mol. The van der Waals surface area contributed by atoms with Crippen molar-refractivity contribution in [1.29, 1.82) is 0 Å². The molecule has 4 nitrogen and oxygen atoms in total. The number of thiazole rings is 1. The van der Waals surface area contributed by atoms with Crippen LogP contribution in [0.25, 0.3) is 10.2 Å². The first-order valence-corrected chi connectivity index (χ1v) is 6.94. The molecular weight excluding hydrogens is 315 g/mol. The summed E-state index contributed by atoms with van der Waals surface area (Å²) in [5.41, 5.74) is 0.983. The molecule has 0 spiro atoms. The summed E-state index contributed by atoms with van der Waals surface area (Å²) in [4.78, 5) is 19.5. The van der Waals surface area contributed by atoms with Crippen molar-refractivity contribution in [2.75, 3.05) is 5.32 Å². The Morgan fingerprint density at radius 2 is 2.05 bits per heavy atom. The second-order valence-corrected chi connectivity index (χ2v) is 5.43. The topological polar surface area (TPSA) is 54.9 Å². The second-order valence-electron chi connectivity index (χ2n) is 4.40. The van der Waals surface area contributed by atoms with E-state index in [4.69, 9.17) is 0 Å². The number of alkyl halides is 3. The summed E-state index contributed by atoms with van der Waals surface area (Å²) in [6.07, 6.45) is -1.44. The largest absolute Gasteiger partial charge is 0.443 e. The van der Waals surface area contributed by atoms with E-state index in [0.717, 1.165) is 0 Å². The lowest BCUT2D eigenvalue weighted by Gasteiger charge is -2.04. The summed E-state index contributed by atoms with van der Waals surface area (Å²) in [6.45, 7) is 0. The number of carbonyl (C=O) groups excluding carboxylic acids is 1. The number of hydrogen-bond acceptors (Lipinski definition) is 4. The first-order valence-electron chi connectivity index (χ1n) is 6.12. The Hall–Kier alpha value is -2.48. The maximum atomic E-state index is 12.6. The molecule has 112 valence electrons. The van der Waals surface area contributed by atoms with Gasteiger partial charge in [-0.25, -0.2) is 4.98 Å². The van der Waals surface area contributed by atoms with E-state index < -0.39 is 17.1 Å². The van der Waals surface area contributed by atoms with Gasteiger partial charge in [0.15, 0.2) is 5.01 Å². The molecule has 8 heteroatoms. The maximum Gasteiger partial charge on any atom is 0.443 e. The van der Waals surface area contributed by atoms with Gasteiger partial charge in [0.2, 0.25) is 0 Å². The van der Waals surface area contributed by atoms with Crippen molar-refractivity contribution >= 4 is 33.1 Å². The highest BCUT2D eigenvalue weighted by Crippen LogP contribution is 2.35. The van der Waals surface area contributed by atoms with E-state index in [-0.39, 0.29) is 11.1 Å². The van der Waals surface area contributed by atoms with Crippen molar-refractivity contribution < 1.29 is 18.0 Å².